The maximum Gasteiger partial charge on any atom is 0.305 e. The summed E-state index contributed by atoms with van der Waals surface area (Å²) in [5.41, 5.74) is -1.11. The van der Waals surface area contributed by atoms with Crippen LogP contribution in [0.2, 0.25) is 0 Å². The number of sulfonamides is 1. The highest BCUT2D eigenvalue weighted by Gasteiger charge is 2.40. The number of carboxylic acid groups (broad SMARTS) is 1. The smallest absolute Gasteiger partial charge is 0.305 e. The van der Waals surface area contributed by atoms with Gasteiger partial charge in [-0.15, -0.1) is 0 Å². The van der Waals surface area contributed by atoms with Crippen molar-refractivity contribution in [2.24, 2.45) is 0 Å². The highest BCUT2D eigenvalue weighted by molar-refractivity contribution is 7.89. The van der Waals surface area contributed by atoms with Crippen LogP contribution >= 0.6 is 0 Å². The molecule has 0 heterocycles. The summed E-state index contributed by atoms with van der Waals surface area (Å²) in [5.74, 6) is -3.21. The number of halogens is 2. The van der Waals surface area contributed by atoms with Crippen molar-refractivity contribution in [1.82, 2.24) is 4.72 Å². The molecule has 1 aromatic carbocycles. The van der Waals surface area contributed by atoms with Gasteiger partial charge in [0.2, 0.25) is 10.0 Å². The van der Waals surface area contributed by atoms with E-state index in [1.54, 1.807) is 0 Å². The van der Waals surface area contributed by atoms with Gasteiger partial charge in [-0.1, -0.05) is 12.8 Å². The van der Waals surface area contributed by atoms with Gasteiger partial charge in [-0.2, -0.15) is 0 Å². The third kappa shape index (κ3) is 3.56. The van der Waals surface area contributed by atoms with Crippen molar-refractivity contribution in [3.8, 4) is 0 Å². The number of aliphatic carboxylic acids is 1. The second kappa shape index (κ2) is 5.69. The monoisotopic (exact) mass is 319 g/mol. The van der Waals surface area contributed by atoms with E-state index < -0.39 is 38.1 Å². The van der Waals surface area contributed by atoms with Crippen LogP contribution in [0.25, 0.3) is 0 Å². The molecule has 1 aliphatic rings. The van der Waals surface area contributed by atoms with E-state index in [4.69, 9.17) is 5.11 Å². The molecule has 0 atom stereocenters. The minimum atomic E-state index is -4.25. The van der Waals surface area contributed by atoms with Gasteiger partial charge in [0.25, 0.3) is 0 Å². The van der Waals surface area contributed by atoms with E-state index in [0.29, 0.717) is 31.7 Å². The molecule has 1 aliphatic carbocycles. The van der Waals surface area contributed by atoms with E-state index in [1.165, 1.54) is 0 Å². The molecule has 8 heteroatoms. The quantitative estimate of drug-likeness (QED) is 0.870. The van der Waals surface area contributed by atoms with Crippen LogP contribution in [0, 0.1) is 11.6 Å². The SMILES string of the molecule is O=C(O)CC1(NS(=O)(=O)c2ccc(F)cc2F)CCCC1. The Hall–Kier alpha value is -1.54. The number of carbonyl (C=O) groups is 1. The van der Waals surface area contributed by atoms with Crippen molar-refractivity contribution in [2.45, 2.75) is 42.5 Å². The molecule has 21 heavy (non-hydrogen) atoms. The minimum Gasteiger partial charge on any atom is -0.481 e. The van der Waals surface area contributed by atoms with Crippen molar-refractivity contribution in [3.05, 3.63) is 29.8 Å². The molecule has 0 bridgehead atoms. The summed E-state index contributed by atoms with van der Waals surface area (Å²) in [6, 6.07) is 2.15. The average molecular weight is 319 g/mol. The van der Waals surface area contributed by atoms with Gasteiger partial charge in [0.1, 0.15) is 16.5 Å². The van der Waals surface area contributed by atoms with Gasteiger partial charge in [0.05, 0.1) is 6.42 Å². The maximum absolute atomic E-state index is 13.6. The number of carboxylic acids is 1. The van der Waals surface area contributed by atoms with Crippen LogP contribution in [0.3, 0.4) is 0 Å². The summed E-state index contributed by atoms with van der Waals surface area (Å²) >= 11 is 0. The van der Waals surface area contributed by atoms with Crippen LogP contribution in [-0.4, -0.2) is 25.0 Å². The van der Waals surface area contributed by atoms with Gasteiger partial charge < -0.3 is 5.11 Å². The van der Waals surface area contributed by atoms with E-state index in [1.807, 2.05) is 0 Å². The van der Waals surface area contributed by atoms with E-state index in [-0.39, 0.29) is 6.42 Å². The zero-order chi connectivity index (χ0) is 15.7. The number of benzene rings is 1. The Morgan fingerprint density at radius 2 is 1.90 bits per heavy atom. The van der Waals surface area contributed by atoms with Gasteiger partial charge in [-0.3, -0.25) is 4.79 Å². The van der Waals surface area contributed by atoms with Crippen LogP contribution < -0.4 is 4.72 Å². The molecule has 1 fully saturated rings. The Balaban J connectivity index is 2.32. The van der Waals surface area contributed by atoms with E-state index in [2.05, 4.69) is 4.72 Å². The highest BCUT2D eigenvalue weighted by Crippen LogP contribution is 2.34. The maximum atomic E-state index is 13.6. The molecular weight excluding hydrogens is 304 g/mol. The summed E-state index contributed by atoms with van der Waals surface area (Å²) < 4.78 is 53.3. The van der Waals surface area contributed by atoms with Gasteiger partial charge in [0.15, 0.2) is 0 Å². The van der Waals surface area contributed by atoms with E-state index in [0.717, 1.165) is 12.1 Å². The largest absolute Gasteiger partial charge is 0.481 e. The molecule has 5 nitrogen and oxygen atoms in total. The average Bonchev–Trinajstić information content (AvgIpc) is 2.74. The lowest BCUT2D eigenvalue weighted by Gasteiger charge is -2.28. The van der Waals surface area contributed by atoms with Gasteiger partial charge >= 0.3 is 5.97 Å². The fraction of sp³-hybridized carbons (Fsp3) is 0.462. The molecule has 0 saturated heterocycles. The number of nitrogens with one attached hydrogen (secondary N) is 1. The summed E-state index contributed by atoms with van der Waals surface area (Å²) in [5, 5.41) is 8.94. The molecule has 0 radical (unpaired) electrons. The molecule has 0 aromatic heterocycles. The van der Waals surface area contributed by atoms with Crippen LogP contribution in [0.15, 0.2) is 23.1 Å². The molecule has 0 spiro atoms. The lowest BCUT2D eigenvalue weighted by atomic mass is 9.95. The summed E-state index contributed by atoms with van der Waals surface area (Å²) in [7, 11) is -4.25. The van der Waals surface area contributed by atoms with Crippen molar-refractivity contribution in [3.63, 3.8) is 0 Å². The molecule has 0 amide bonds. The topological polar surface area (TPSA) is 83.5 Å². The summed E-state index contributed by atoms with van der Waals surface area (Å²) in [6.07, 6.45) is 1.78. The van der Waals surface area contributed by atoms with Crippen molar-refractivity contribution < 1.29 is 27.1 Å². The fourth-order valence-electron chi connectivity index (χ4n) is 2.69. The van der Waals surface area contributed by atoms with Crippen LogP contribution in [0.4, 0.5) is 8.78 Å². The Morgan fingerprint density at radius 1 is 1.29 bits per heavy atom. The Kier molecular flexibility index (Phi) is 4.29. The minimum absolute atomic E-state index is 0.366. The standard InChI is InChI=1S/C13H15F2NO4S/c14-9-3-4-11(10(15)7-9)21(19,20)16-13(8-12(17)18)5-1-2-6-13/h3-4,7,16H,1-2,5-6,8H2,(H,17,18). The summed E-state index contributed by atoms with van der Waals surface area (Å²) in [4.78, 5) is 10.3. The molecule has 0 unspecified atom stereocenters. The molecule has 116 valence electrons. The third-order valence-corrected chi connectivity index (χ3v) is 5.20. The first kappa shape index (κ1) is 15.8. The first-order valence-electron chi connectivity index (χ1n) is 6.45. The molecule has 0 aliphatic heterocycles. The van der Waals surface area contributed by atoms with Gasteiger partial charge in [-0.05, 0) is 25.0 Å². The normalized spacial score (nSPS) is 17.8. The molecule has 1 aromatic rings. The van der Waals surface area contributed by atoms with Crippen molar-refractivity contribution in [2.75, 3.05) is 0 Å². The predicted octanol–water partition coefficient (Wildman–Crippen LogP) is 2.03. The zero-order valence-electron chi connectivity index (χ0n) is 11.1. The van der Waals surface area contributed by atoms with Crippen LogP contribution in [-0.2, 0) is 14.8 Å². The molecular formula is C13H15F2NO4S. The van der Waals surface area contributed by atoms with E-state index in [9.17, 15) is 22.0 Å². The molecule has 2 rings (SSSR count). The first-order chi connectivity index (χ1) is 9.74. The van der Waals surface area contributed by atoms with Gasteiger partial charge in [0, 0.05) is 11.6 Å². The fourth-order valence-corrected chi connectivity index (χ4v) is 4.21. The predicted molar refractivity (Wildman–Crippen MR) is 70.1 cm³/mol. The van der Waals surface area contributed by atoms with Crippen LogP contribution in [0.1, 0.15) is 32.1 Å². The second-order valence-corrected chi connectivity index (χ2v) is 6.89. The Labute approximate surface area is 121 Å². The second-order valence-electron chi connectivity index (χ2n) is 5.24. The first-order valence-corrected chi connectivity index (χ1v) is 7.93. The molecule has 1 saturated carbocycles. The third-order valence-electron chi connectivity index (χ3n) is 3.58. The Bertz CT molecular complexity index is 654. The number of hydrogen-bond donors (Lipinski definition) is 2. The number of hydrogen-bond acceptors (Lipinski definition) is 3. The zero-order valence-corrected chi connectivity index (χ0v) is 11.9. The number of rotatable bonds is 5. The molecule has 2 N–H and O–H groups in total. The van der Waals surface area contributed by atoms with Gasteiger partial charge in [-0.25, -0.2) is 21.9 Å². The van der Waals surface area contributed by atoms with Crippen LogP contribution in [0.5, 0.6) is 0 Å². The van der Waals surface area contributed by atoms with Crippen molar-refractivity contribution >= 4 is 16.0 Å². The highest BCUT2D eigenvalue weighted by atomic mass is 32.2. The van der Waals surface area contributed by atoms with Crippen molar-refractivity contribution in [1.29, 1.82) is 0 Å². The van der Waals surface area contributed by atoms with E-state index >= 15 is 0 Å². The lowest BCUT2D eigenvalue weighted by Crippen LogP contribution is -2.47. The summed E-state index contributed by atoms with van der Waals surface area (Å²) in [6.45, 7) is 0. The lowest BCUT2D eigenvalue weighted by molar-refractivity contribution is -0.138. The Morgan fingerprint density at radius 3 is 2.43 bits per heavy atom.